The van der Waals surface area contributed by atoms with Gasteiger partial charge in [0.1, 0.15) is 5.84 Å². The number of aryl methyl sites for hydroxylation is 1. The van der Waals surface area contributed by atoms with Crippen LogP contribution in [0.2, 0.25) is 0 Å². The molecule has 0 unspecified atom stereocenters. The van der Waals surface area contributed by atoms with Crippen molar-refractivity contribution >= 4 is 40.3 Å². The first kappa shape index (κ1) is 24.6. The van der Waals surface area contributed by atoms with Crippen molar-refractivity contribution in [2.45, 2.75) is 19.8 Å². The highest BCUT2D eigenvalue weighted by atomic mass is 32.2. The monoisotopic (exact) mass is 496 g/mol. The highest BCUT2D eigenvalue weighted by Crippen LogP contribution is 2.33. The number of ether oxygens (including phenoxy) is 3. The molecule has 0 aromatic heterocycles. The van der Waals surface area contributed by atoms with Crippen molar-refractivity contribution in [2.24, 2.45) is 10.1 Å². The molecule has 10 heteroatoms. The standard InChI is InChI=1S/C25H28N4O5S/c1-5-26-23(18-9-11-21(32-2)22(14-18)33-3)28-12-6-7-17-13-16(8-10-20(17)28)19-15-35-25(31)29(27-19)24(30)34-4/h8-11,13-14H,5-7,12,15H2,1-4H3/b26-23-. The van der Waals surface area contributed by atoms with E-state index in [0.29, 0.717) is 29.5 Å². The first-order valence-electron chi connectivity index (χ1n) is 11.3. The molecule has 2 aromatic rings. The lowest BCUT2D eigenvalue weighted by molar-refractivity contribution is 0.137. The molecule has 9 nitrogen and oxygen atoms in total. The number of hydrazone groups is 1. The summed E-state index contributed by atoms with van der Waals surface area (Å²) in [4.78, 5) is 31.0. The third-order valence-corrected chi connectivity index (χ3v) is 6.65. The van der Waals surface area contributed by atoms with E-state index in [0.717, 1.165) is 64.4 Å². The minimum absolute atomic E-state index is 0.392. The minimum atomic E-state index is -0.792. The molecule has 4 rings (SSSR count). The zero-order chi connectivity index (χ0) is 24.9. The SMILES string of the molecule is CC/N=C(/c1ccc(OC)c(OC)c1)N1CCCc2cc(C3=NN(C(=O)OC)C(=O)SC3)ccc21. The Labute approximate surface area is 208 Å². The van der Waals surface area contributed by atoms with Gasteiger partial charge in [0, 0.05) is 30.1 Å². The number of carbonyl (C=O) groups is 2. The van der Waals surface area contributed by atoms with Gasteiger partial charge in [0.05, 0.1) is 27.0 Å². The molecule has 2 aliphatic rings. The van der Waals surface area contributed by atoms with Gasteiger partial charge in [-0.1, -0.05) is 17.8 Å². The maximum atomic E-state index is 12.0. The van der Waals surface area contributed by atoms with Crippen LogP contribution in [0.25, 0.3) is 0 Å². The molecular weight excluding hydrogens is 468 g/mol. The van der Waals surface area contributed by atoms with Crippen LogP contribution in [0.3, 0.4) is 0 Å². The van der Waals surface area contributed by atoms with Crippen molar-refractivity contribution in [2.75, 3.05) is 45.1 Å². The van der Waals surface area contributed by atoms with E-state index in [-0.39, 0.29) is 0 Å². The summed E-state index contributed by atoms with van der Waals surface area (Å²) in [6.45, 7) is 3.49. The number of anilines is 1. The molecule has 2 aromatic carbocycles. The Bertz CT molecular complexity index is 1200. The average molecular weight is 497 g/mol. The molecule has 35 heavy (non-hydrogen) atoms. The van der Waals surface area contributed by atoms with Gasteiger partial charge in [-0.25, -0.2) is 4.79 Å². The van der Waals surface area contributed by atoms with Gasteiger partial charge in [-0.2, -0.15) is 5.10 Å². The summed E-state index contributed by atoms with van der Waals surface area (Å²) in [6, 6.07) is 11.9. The number of thioether (sulfide) groups is 1. The van der Waals surface area contributed by atoms with E-state index in [2.05, 4.69) is 26.9 Å². The number of nitrogens with zero attached hydrogens (tertiary/aromatic N) is 4. The summed E-state index contributed by atoms with van der Waals surface area (Å²) in [5.74, 6) is 2.58. The minimum Gasteiger partial charge on any atom is -0.493 e. The van der Waals surface area contributed by atoms with Gasteiger partial charge in [-0.05, 0) is 61.2 Å². The van der Waals surface area contributed by atoms with Gasteiger partial charge in [-0.15, -0.1) is 5.01 Å². The molecule has 184 valence electrons. The Kier molecular flexibility index (Phi) is 7.60. The van der Waals surface area contributed by atoms with Crippen LogP contribution in [0.15, 0.2) is 46.5 Å². The van der Waals surface area contributed by atoms with Crippen LogP contribution < -0.4 is 14.4 Å². The molecule has 0 spiro atoms. The Morgan fingerprint density at radius 1 is 1.11 bits per heavy atom. The van der Waals surface area contributed by atoms with E-state index in [1.54, 1.807) is 14.2 Å². The maximum absolute atomic E-state index is 12.0. The van der Waals surface area contributed by atoms with Crippen molar-refractivity contribution in [3.05, 3.63) is 53.1 Å². The van der Waals surface area contributed by atoms with Gasteiger partial charge in [0.15, 0.2) is 11.5 Å². The number of benzene rings is 2. The largest absolute Gasteiger partial charge is 0.493 e. The van der Waals surface area contributed by atoms with Crippen LogP contribution in [-0.2, 0) is 11.2 Å². The zero-order valence-electron chi connectivity index (χ0n) is 20.2. The Hall–Kier alpha value is -3.53. The number of hydrogen-bond acceptors (Lipinski definition) is 8. The van der Waals surface area contributed by atoms with Crippen LogP contribution in [-0.4, -0.2) is 68.1 Å². The van der Waals surface area contributed by atoms with Crippen molar-refractivity contribution in [3.8, 4) is 11.5 Å². The molecule has 0 N–H and O–H groups in total. The number of amidine groups is 1. The quantitative estimate of drug-likeness (QED) is 0.442. The highest BCUT2D eigenvalue weighted by Gasteiger charge is 2.29. The van der Waals surface area contributed by atoms with Crippen LogP contribution in [0.5, 0.6) is 11.5 Å². The maximum Gasteiger partial charge on any atom is 0.438 e. The Balaban J connectivity index is 1.69. The summed E-state index contributed by atoms with van der Waals surface area (Å²) in [5.41, 5.74) is 4.71. The number of aliphatic imine (C=N–C) groups is 1. The molecule has 0 saturated heterocycles. The van der Waals surface area contributed by atoms with Gasteiger partial charge in [-0.3, -0.25) is 9.79 Å². The van der Waals surface area contributed by atoms with Crippen molar-refractivity contribution in [1.82, 2.24) is 5.01 Å². The number of imide groups is 1. The average Bonchev–Trinajstić information content (AvgIpc) is 2.90. The predicted octanol–water partition coefficient (Wildman–Crippen LogP) is 4.56. The second kappa shape index (κ2) is 10.8. The van der Waals surface area contributed by atoms with Crippen molar-refractivity contribution < 1.29 is 23.8 Å². The van der Waals surface area contributed by atoms with Crippen LogP contribution in [0.1, 0.15) is 30.0 Å². The normalized spacial score (nSPS) is 15.9. The molecule has 0 aliphatic carbocycles. The van der Waals surface area contributed by atoms with Crippen molar-refractivity contribution in [3.63, 3.8) is 0 Å². The fourth-order valence-corrected chi connectivity index (χ4v) is 4.90. The molecule has 2 amide bonds. The molecule has 2 aliphatic heterocycles. The summed E-state index contributed by atoms with van der Waals surface area (Å²) in [5, 5.41) is 4.59. The topological polar surface area (TPSA) is 93.0 Å². The predicted molar refractivity (Wildman–Crippen MR) is 137 cm³/mol. The smallest absolute Gasteiger partial charge is 0.438 e. The van der Waals surface area contributed by atoms with Crippen LogP contribution in [0, 0.1) is 0 Å². The second-order valence-corrected chi connectivity index (χ2v) is 8.78. The highest BCUT2D eigenvalue weighted by molar-refractivity contribution is 8.14. The molecule has 2 heterocycles. The zero-order valence-corrected chi connectivity index (χ0v) is 21.1. The summed E-state index contributed by atoms with van der Waals surface area (Å²) in [6.07, 6.45) is 1.07. The molecule has 0 saturated carbocycles. The van der Waals surface area contributed by atoms with Crippen LogP contribution in [0.4, 0.5) is 15.3 Å². The van der Waals surface area contributed by atoms with E-state index in [1.165, 1.54) is 7.11 Å². The third-order valence-electron chi connectivity index (χ3n) is 5.81. The summed E-state index contributed by atoms with van der Waals surface area (Å²) in [7, 11) is 4.47. The lowest BCUT2D eigenvalue weighted by atomic mass is 9.97. The Morgan fingerprint density at radius 3 is 2.63 bits per heavy atom. The number of rotatable bonds is 5. The molecular formula is C25H28N4O5S. The first-order chi connectivity index (χ1) is 17.0. The van der Waals surface area contributed by atoms with E-state index in [1.807, 2.05) is 31.2 Å². The summed E-state index contributed by atoms with van der Waals surface area (Å²) >= 11 is 1.03. The lowest BCUT2D eigenvalue weighted by Gasteiger charge is -2.33. The van der Waals surface area contributed by atoms with E-state index in [4.69, 9.17) is 14.5 Å². The van der Waals surface area contributed by atoms with Gasteiger partial charge in [0.2, 0.25) is 0 Å². The van der Waals surface area contributed by atoms with Gasteiger partial charge < -0.3 is 19.1 Å². The lowest BCUT2D eigenvalue weighted by Crippen LogP contribution is -2.37. The number of hydrogen-bond donors (Lipinski definition) is 0. The number of amides is 2. The molecule has 0 fully saturated rings. The van der Waals surface area contributed by atoms with E-state index < -0.39 is 11.3 Å². The second-order valence-electron chi connectivity index (χ2n) is 7.85. The number of methoxy groups -OCH3 is 3. The van der Waals surface area contributed by atoms with Gasteiger partial charge >= 0.3 is 11.3 Å². The van der Waals surface area contributed by atoms with E-state index in [9.17, 15) is 9.59 Å². The van der Waals surface area contributed by atoms with Gasteiger partial charge in [0.25, 0.3) is 0 Å². The van der Waals surface area contributed by atoms with Crippen LogP contribution >= 0.6 is 11.8 Å². The number of fused-ring (bicyclic) bond motifs is 1. The van der Waals surface area contributed by atoms with E-state index >= 15 is 0 Å². The fourth-order valence-electron chi connectivity index (χ4n) is 4.18. The molecule has 0 atom stereocenters. The molecule has 0 bridgehead atoms. The third kappa shape index (κ3) is 4.97. The fraction of sp³-hybridized carbons (Fsp3) is 0.360. The first-order valence-corrected chi connectivity index (χ1v) is 12.3. The Morgan fingerprint density at radius 2 is 1.91 bits per heavy atom. The summed E-state index contributed by atoms with van der Waals surface area (Å²) < 4.78 is 15.6. The van der Waals surface area contributed by atoms with Crippen molar-refractivity contribution in [1.29, 1.82) is 0 Å². The number of carbonyl (C=O) groups excluding carboxylic acids is 2. The molecule has 0 radical (unpaired) electrons.